The fourth-order valence-corrected chi connectivity index (χ4v) is 5.33. The summed E-state index contributed by atoms with van der Waals surface area (Å²) in [5.41, 5.74) is 0.675. The van der Waals surface area contributed by atoms with Crippen molar-refractivity contribution in [2.24, 2.45) is 11.8 Å². The van der Waals surface area contributed by atoms with Crippen LogP contribution in [0.25, 0.3) is 5.65 Å². The first-order valence-electron chi connectivity index (χ1n) is 13.5. The predicted molar refractivity (Wildman–Crippen MR) is 132 cm³/mol. The zero-order valence-electron chi connectivity index (χ0n) is 22.1. The van der Waals surface area contributed by atoms with Gasteiger partial charge in [0.1, 0.15) is 5.69 Å². The number of hydrogen-bond acceptors (Lipinski definition) is 5. The minimum atomic E-state index is -4.46. The molecule has 3 aromatic heterocycles. The summed E-state index contributed by atoms with van der Waals surface area (Å²) in [4.78, 5) is 29.8. The van der Waals surface area contributed by atoms with Crippen molar-refractivity contribution in [3.63, 3.8) is 0 Å². The van der Waals surface area contributed by atoms with Gasteiger partial charge in [-0.2, -0.15) is 36.8 Å². The van der Waals surface area contributed by atoms with Crippen LogP contribution in [0.4, 0.5) is 30.7 Å². The van der Waals surface area contributed by atoms with Crippen molar-refractivity contribution in [3.05, 3.63) is 47.7 Å². The van der Waals surface area contributed by atoms with E-state index >= 15 is 0 Å². The zero-order chi connectivity index (χ0) is 30.2. The number of alkyl halides is 7. The van der Waals surface area contributed by atoms with Crippen LogP contribution in [-0.2, 0) is 4.79 Å². The van der Waals surface area contributed by atoms with E-state index in [2.05, 4.69) is 25.8 Å². The number of amides is 2. The molecule has 0 spiro atoms. The SMILES string of the molecule is O=C(CCC(F)(F)F)N[C@@H](c1cnn2cc([C@@H](NC(=O)c3ccnn3C(F)F)C3CCC(F)(F)CC3)nc2c1)C1CC1. The molecule has 0 bridgehead atoms. The Bertz CT molecular complexity index is 1420. The van der Waals surface area contributed by atoms with Crippen LogP contribution in [0.15, 0.2) is 30.7 Å². The van der Waals surface area contributed by atoms with Gasteiger partial charge in [0.25, 0.3) is 5.91 Å². The standard InChI is InChI=1S/C26H28F7N7O2/c27-24(28)40-18(6-10-34-40)23(42)38-22(15-3-7-25(29,30)8-4-15)17-13-39-19(36-17)11-16(12-35-39)21(14-1-2-14)37-20(41)5-9-26(31,32)33/h6,10-15,21-22,24H,1-5,7-9H2,(H,37,41)(H,38,42)/t21-,22+/m1/s1. The van der Waals surface area contributed by atoms with Gasteiger partial charge in [0, 0.05) is 25.5 Å². The monoisotopic (exact) mass is 603 g/mol. The second kappa shape index (κ2) is 11.5. The highest BCUT2D eigenvalue weighted by Gasteiger charge is 2.40. The van der Waals surface area contributed by atoms with E-state index in [1.54, 1.807) is 6.07 Å². The molecule has 0 aliphatic heterocycles. The molecule has 5 rings (SSSR count). The van der Waals surface area contributed by atoms with Gasteiger partial charge in [-0.3, -0.25) is 9.59 Å². The summed E-state index contributed by atoms with van der Waals surface area (Å²) in [6.07, 6.45) is -1.59. The molecule has 16 heteroatoms. The van der Waals surface area contributed by atoms with Gasteiger partial charge in [0.2, 0.25) is 11.8 Å². The number of halogens is 7. The van der Waals surface area contributed by atoms with Crippen molar-refractivity contribution in [1.82, 2.24) is 35.0 Å². The van der Waals surface area contributed by atoms with Gasteiger partial charge in [-0.05, 0) is 55.2 Å². The molecule has 42 heavy (non-hydrogen) atoms. The molecule has 2 saturated carbocycles. The molecule has 3 aromatic rings. The second-order valence-electron chi connectivity index (χ2n) is 10.8. The van der Waals surface area contributed by atoms with Gasteiger partial charge < -0.3 is 10.6 Å². The lowest BCUT2D eigenvalue weighted by Gasteiger charge is -2.33. The molecule has 0 saturated heterocycles. The molecule has 0 aromatic carbocycles. The van der Waals surface area contributed by atoms with Crippen molar-refractivity contribution in [1.29, 1.82) is 0 Å². The van der Waals surface area contributed by atoms with Gasteiger partial charge in [-0.1, -0.05) is 0 Å². The molecular formula is C26H28F7N7O2. The highest BCUT2D eigenvalue weighted by Crippen LogP contribution is 2.43. The van der Waals surface area contributed by atoms with Crippen LogP contribution >= 0.6 is 0 Å². The first-order valence-corrected chi connectivity index (χ1v) is 13.5. The minimum absolute atomic E-state index is 0.0224. The summed E-state index contributed by atoms with van der Waals surface area (Å²) in [6, 6.07) is 1.24. The molecule has 2 atom stereocenters. The van der Waals surface area contributed by atoms with Gasteiger partial charge in [-0.25, -0.2) is 18.3 Å². The van der Waals surface area contributed by atoms with Gasteiger partial charge in [0.05, 0.1) is 36.6 Å². The number of nitrogens with zero attached hydrogens (tertiary/aromatic N) is 5. The average molecular weight is 604 g/mol. The molecule has 2 aliphatic rings. The van der Waals surface area contributed by atoms with E-state index in [-0.39, 0.29) is 34.8 Å². The number of carbonyl (C=O) groups is 2. The summed E-state index contributed by atoms with van der Waals surface area (Å²) < 4.78 is 93.9. The third-order valence-corrected chi connectivity index (χ3v) is 7.69. The van der Waals surface area contributed by atoms with Crippen LogP contribution in [0.2, 0.25) is 0 Å². The fourth-order valence-electron chi connectivity index (χ4n) is 5.33. The number of fused-ring (bicyclic) bond motifs is 1. The van der Waals surface area contributed by atoms with Crippen LogP contribution in [-0.4, -0.2) is 48.3 Å². The van der Waals surface area contributed by atoms with Crippen molar-refractivity contribution in [2.75, 3.05) is 0 Å². The van der Waals surface area contributed by atoms with Crippen molar-refractivity contribution in [2.45, 2.75) is 82.1 Å². The number of carbonyl (C=O) groups excluding carboxylic acids is 2. The van der Waals surface area contributed by atoms with Crippen LogP contribution in [0.1, 0.15) is 91.7 Å². The van der Waals surface area contributed by atoms with E-state index in [0.29, 0.717) is 5.56 Å². The van der Waals surface area contributed by atoms with E-state index < -0.39 is 79.8 Å². The Labute approximate surface area is 234 Å². The predicted octanol–water partition coefficient (Wildman–Crippen LogP) is 5.53. The average Bonchev–Trinajstić information content (AvgIpc) is 3.47. The molecule has 0 unspecified atom stereocenters. The minimum Gasteiger partial charge on any atom is -0.349 e. The molecule has 228 valence electrons. The Morgan fingerprint density at radius 1 is 1.02 bits per heavy atom. The quantitative estimate of drug-likeness (QED) is 0.297. The third kappa shape index (κ3) is 7.01. The number of rotatable bonds is 10. The van der Waals surface area contributed by atoms with Crippen LogP contribution in [0.5, 0.6) is 0 Å². The lowest BCUT2D eigenvalue weighted by Crippen LogP contribution is -2.38. The third-order valence-electron chi connectivity index (χ3n) is 7.69. The van der Waals surface area contributed by atoms with Gasteiger partial charge in [-0.15, -0.1) is 0 Å². The van der Waals surface area contributed by atoms with E-state index in [1.807, 2.05) is 0 Å². The molecule has 0 radical (unpaired) electrons. The van der Waals surface area contributed by atoms with E-state index in [1.165, 1.54) is 16.9 Å². The van der Waals surface area contributed by atoms with Crippen molar-refractivity contribution >= 4 is 17.5 Å². The van der Waals surface area contributed by atoms with E-state index in [0.717, 1.165) is 25.1 Å². The Balaban J connectivity index is 1.40. The second-order valence-corrected chi connectivity index (χ2v) is 10.8. The smallest absolute Gasteiger partial charge is 0.349 e. The Hall–Kier alpha value is -3.72. The lowest BCUT2D eigenvalue weighted by atomic mass is 9.81. The highest BCUT2D eigenvalue weighted by molar-refractivity contribution is 5.92. The molecule has 3 heterocycles. The maximum absolute atomic E-state index is 13.9. The number of nitrogens with one attached hydrogen (secondary N) is 2. The number of imidazole rings is 1. The zero-order valence-corrected chi connectivity index (χ0v) is 22.1. The lowest BCUT2D eigenvalue weighted by molar-refractivity contribution is -0.144. The molecule has 2 fully saturated rings. The molecule has 2 amide bonds. The molecule has 9 nitrogen and oxygen atoms in total. The van der Waals surface area contributed by atoms with Gasteiger partial charge >= 0.3 is 12.7 Å². The fraction of sp³-hybridized carbons (Fsp3) is 0.577. The summed E-state index contributed by atoms with van der Waals surface area (Å²) in [5, 5.41) is 13.1. The van der Waals surface area contributed by atoms with Gasteiger partial charge in [0.15, 0.2) is 5.65 Å². The molecule has 2 aliphatic carbocycles. The molecular weight excluding hydrogens is 575 g/mol. The first-order chi connectivity index (χ1) is 19.8. The van der Waals surface area contributed by atoms with Crippen LogP contribution in [0.3, 0.4) is 0 Å². The normalized spacial score (nSPS) is 19.1. The van der Waals surface area contributed by atoms with Crippen molar-refractivity contribution < 1.29 is 40.3 Å². The Kier molecular flexibility index (Phi) is 8.16. The summed E-state index contributed by atoms with van der Waals surface area (Å²) in [6.45, 7) is -3.07. The summed E-state index contributed by atoms with van der Waals surface area (Å²) >= 11 is 0. The Morgan fingerprint density at radius 3 is 2.36 bits per heavy atom. The Morgan fingerprint density at radius 2 is 1.71 bits per heavy atom. The summed E-state index contributed by atoms with van der Waals surface area (Å²) in [5.74, 6) is -4.93. The first kappa shape index (κ1) is 29.8. The summed E-state index contributed by atoms with van der Waals surface area (Å²) in [7, 11) is 0. The molecule has 2 N–H and O–H groups in total. The maximum atomic E-state index is 13.9. The largest absolute Gasteiger partial charge is 0.389 e. The van der Waals surface area contributed by atoms with Crippen molar-refractivity contribution in [3.8, 4) is 0 Å². The highest BCUT2D eigenvalue weighted by atomic mass is 19.4. The van der Waals surface area contributed by atoms with E-state index in [4.69, 9.17) is 0 Å². The van der Waals surface area contributed by atoms with Crippen LogP contribution in [0, 0.1) is 11.8 Å². The van der Waals surface area contributed by atoms with E-state index in [9.17, 15) is 40.3 Å². The number of aromatic nitrogens is 5. The topological polar surface area (TPSA) is 106 Å². The maximum Gasteiger partial charge on any atom is 0.389 e. The number of hydrogen-bond donors (Lipinski definition) is 2. The van der Waals surface area contributed by atoms with Crippen LogP contribution < -0.4 is 10.6 Å².